The lowest BCUT2D eigenvalue weighted by Gasteiger charge is -2.40. The number of nitrogens with zero attached hydrogens (tertiary/aromatic N) is 2. The van der Waals surface area contributed by atoms with Crippen LogP contribution in [0.15, 0.2) is 0 Å². The second-order valence-corrected chi connectivity index (χ2v) is 7.73. The van der Waals surface area contributed by atoms with Gasteiger partial charge in [0.1, 0.15) is 9.84 Å². The second kappa shape index (κ2) is 6.84. The van der Waals surface area contributed by atoms with Crippen molar-refractivity contribution in [1.29, 1.82) is 0 Å². The Bertz CT molecular complexity index is 345. The summed E-state index contributed by atoms with van der Waals surface area (Å²) in [7, 11) is 1.16. The van der Waals surface area contributed by atoms with E-state index in [9.17, 15) is 13.5 Å². The van der Waals surface area contributed by atoms with E-state index in [-0.39, 0.29) is 17.5 Å². The van der Waals surface area contributed by atoms with Crippen LogP contribution in [-0.2, 0) is 9.84 Å². The lowest BCUT2D eigenvalue weighted by molar-refractivity contribution is 0.0107. The number of aliphatic hydroxyl groups is 1. The number of hydrogen-bond acceptors (Lipinski definition) is 5. The van der Waals surface area contributed by atoms with Crippen LogP contribution in [0.3, 0.4) is 0 Å². The Morgan fingerprint density at radius 2 is 2.00 bits per heavy atom. The molecule has 108 valence electrons. The highest BCUT2D eigenvalue weighted by atomic mass is 32.2. The molecule has 18 heavy (non-hydrogen) atoms. The molecule has 0 radical (unpaired) electrons. The van der Waals surface area contributed by atoms with Crippen LogP contribution in [0.2, 0.25) is 0 Å². The van der Waals surface area contributed by atoms with Crippen LogP contribution >= 0.6 is 0 Å². The van der Waals surface area contributed by atoms with E-state index in [2.05, 4.69) is 9.80 Å². The average Bonchev–Trinajstić information content (AvgIpc) is 2.32. The minimum atomic E-state index is -2.91. The highest BCUT2D eigenvalue weighted by Gasteiger charge is 2.28. The number of piperazine rings is 1. The fraction of sp³-hybridized carbons (Fsp3) is 1.00. The summed E-state index contributed by atoms with van der Waals surface area (Å²) in [6.07, 6.45) is 0.665. The molecule has 0 bridgehead atoms. The molecule has 0 spiro atoms. The molecule has 2 atom stereocenters. The van der Waals surface area contributed by atoms with Gasteiger partial charge in [-0.05, 0) is 26.9 Å². The lowest BCUT2D eigenvalue weighted by Crippen LogP contribution is -2.55. The average molecular weight is 278 g/mol. The maximum atomic E-state index is 11.4. The molecular formula is C12H26N2O3S. The minimum Gasteiger partial charge on any atom is -0.391 e. The Morgan fingerprint density at radius 3 is 2.61 bits per heavy atom. The Labute approximate surface area is 111 Å². The number of likely N-dealkylation sites (N-methyl/N-ethyl adjacent to an activating group) is 2. The van der Waals surface area contributed by atoms with Crippen LogP contribution in [0, 0.1) is 0 Å². The summed E-state index contributed by atoms with van der Waals surface area (Å²) in [5.74, 6) is 0.377. The molecule has 1 heterocycles. The van der Waals surface area contributed by atoms with Crippen molar-refractivity contribution in [1.82, 2.24) is 9.80 Å². The van der Waals surface area contributed by atoms with Crippen molar-refractivity contribution >= 4 is 9.84 Å². The quantitative estimate of drug-likeness (QED) is 0.729. The molecule has 0 saturated carbocycles. The van der Waals surface area contributed by atoms with E-state index in [0.29, 0.717) is 12.8 Å². The zero-order valence-electron chi connectivity index (χ0n) is 11.7. The molecule has 0 aromatic carbocycles. The number of rotatable bonds is 6. The van der Waals surface area contributed by atoms with Crippen LogP contribution in [0.25, 0.3) is 0 Å². The molecular weight excluding hydrogens is 252 g/mol. The number of aliphatic hydroxyl groups excluding tert-OH is 1. The zero-order chi connectivity index (χ0) is 13.8. The molecule has 0 aromatic rings. The highest BCUT2D eigenvalue weighted by molar-refractivity contribution is 7.91. The molecule has 2 unspecified atom stereocenters. The van der Waals surface area contributed by atoms with Crippen molar-refractivity contribution in [2.75, 3.05) is 45.2 Å². The molecule has 5 nitrogen and oxygen atoms in total. The van der Waals surface area contributed by atoms with Crippen LogP contribution in [0.4, 0.5) is 0 Å². The van der Waals surface area contributed by atoms with Gasteiger partial charge < -0.3 is 10.0 Å². The fourth-order valence-electron chi connectivity index (χ4n) is 2.31. The first-order valence-electron chi connectivity index (χ1n) is 6.63. The van der Waals surface area contributed by atoms with Gasteiger partial charge in [0.25, 0.3) is 0 Å². The van der Waals surface area contributed by atoms with Gasteiger partial charge in [0.05, 0.1) is 11.9 Å². The summed E-state index contributed by atoms with van der Waals surface area (Å²) in [6, 6.07) is 0.119. The van der Waals surface area contributed by atoms with Crippen LogP contribution in [-0.4, -0.2) is 80.7 Å². The smallest absolute Gasteiger partial charge is 0.150 e. The van der Waals surface area contributed by atoms with E-state index in [1.54, 1.807) is 6.92 Å². The lowest BCUT2D eigenvalue weighted by atomic mass is 10.0. The summed E-state index contributed by atoms with van der Waals surface area (Å²) < 4.78 is 22.7. The molecule has 6 heteroatoms. The van der Waals surface area contributed by atoms with Gasteiger partial charge in [-0.25, -0.2) is 8.42 Å². The van der Waals surface area contributed by atoms with Gasteiger partial charge in [-0.1, -0.05) is 6.92 Å². The number of sulfone groups is 1. The monoisotopic (exact) mass is 278 g/mol. The Kier molecular flexibility index (Phi) is 6.04. The van der Waals surface area contributed by atoms with Crippen molar-refractivity contribution in [3.05, 3.63) is 0 Å². The van der Waals surface area contributed by atoms with E-state index in [1.807, 2.05) is 14.1 Å². The van der Waals surface area contributed by atoms with Crippen molar-refractivity contribution in [2.24, 2.45) is 0 Å². The van der Waals surface area contributed by atoms with Gasteiger partial charge in [-0.3, -0.25) is 4.90 Å². The Morgan fingerprint density at radius 1 is 1.33 bits per heavy atom. The Hall–Kier alpha value is -0.170. The summed E-state index contributed by atoms with van der Waals surface area (Å²) in [6.45, 7) is 4.48. The molecule has 0 aliphatic carbocycles. The zero-order valence-corrected chi connectivity index (χ0v) is 12.5. The molecule has 0 amide bonds. The first-order chi connectivity index (χ1) is 8.35. The maximum absolute atomic E-state index is 11.4. The van der Waals surface area contributed by atoms with Crippen LogP contribution in [0.5, 0.6) is 0 Å². The van der Waals surface area contributed by atoms with E-state index < -0.39 is 15.9 Å². The topological polar surface area (TPSA) is 60.9 Å². The molecule has 1 aliphatic rings. The van der Waals surface area contributed by atoms with Gasteiger partial charge >= 0.3 is 0 Å². The minimum absolute atomic E-state index is 0.119. The Balaban J connectivity index is 2.38. The maximum Gasteiger partial charge on any atom is 0.150 e. The predicted octanol–water partition coefficient (Wildman–Crippen LogP) is -0.192. The van der Waals surface area contributed by atoms with Crippen molar-refractivity contribution in [3.63, 3.8) is 0 Å². The standard InChI is InChI=1S/C12H26N2O3S/c1-4-18(16,17)9-5-6-12(15)11-10-13(2)7-8-14(11)3/h11-12,15H,4-10H2,1-3H3. The highest BCUT2D eigenvalue weighted by Crippen LogP contribution is 2.14. The van der Waals surface area contributed by atoms with Gasteiger partial charge in [0.15, 0.2) is 0 Å². The molecule has 1 fully saturated rings. The summed E-state index contributed by atoms with van der Waals surface area (Å²) in [5, 5.41) is 10.2. The predicted molar refractivity (Wildman–Crippen MR) is 73.5 cm³/mol. The van der Waals surface area contributed by atoms with Crippen molar-refractivity contribution < 1.29 is 13.5 Å². The van der Waals surface area contributed by atoms with E-state index in [4.69, 9.17) is 0 Å². The molecule has 1 rings (SSSR count). The SMILES string of the molecule is CCS(=O)(=O)CCCC(O)C1CN(C)CCN1C. The van der Waals surface area contributed by atoms with E-state index in [1.165, 1.54) is 0 Å². The van der Waals surface area contributed by atoms with Gasteiger partial charge in [-0.15, -0.1) is 0 Å². The molecule has 1 aliphatic heterocycles. The molecule has 1 N–H and O–H groups in total. The normalized spacial score (nSPS) is 25.2. The summed E-state index contributed by atoms with van der Waals surface area (Å²) in [4.78, 5) is 4.37. The third kappa shape index (κ3) is 4.84. The van der Waals surface area contributed by atoms with Crippen molar-refractivity contribution in [3.8, 4) is 0 Å². The van der Waals surface area contributed by atoms with E-state index >= 15 is 0 Å². The van der Waals surface area contributed by atoms with Gasteiger partial charge in [0.2, 0.25) is 0 Å². The van der Waals surface area contributed by atoms with Crippen LogP contribution < -0.4 is 0 Å². The second-order valence-electron chi connectivity index (χ2n) is 5.26. The summed E-state index contributed by atoms with van der Waals surface area (Å²) in [5.41, 5.74) is 0. The first-order valence-corrected chi connectivity index (χ1v) is 8.45. The third-order valence-corrected chi connectivity index (χ3v) is 5.53. The molecule has 1 saturated heterocycles. The van der Waals surface area contributed by atoms with Crippen LogP contribution in [0.1, 0.15) is 19.8 Å². The largest absolute Gasteiger partial charge is 0.391 e. The third-order valence-electron chi connectivity index (χ3n) is 3.74. The van der Waals surface area contributed by atoms with Gasteiger partial charge in [-0.2, -0.15) is 0 Å². The van der Waals surface area contributed by atoms with E-state index in [0.717, 1.165) is 19.6 Å². The fourth-order valence-corrected chi connectivity index (χ4v) is 3.20. The van der Waals surface area contributed by atoms with Gasteiger partial charge in [0, 0.05) is 31.4 Å². The first kappa shape index (κ1) is 15.9. The summed E-state index contributed by atoms with van der Waals surface area (Å²) >= 11 is 0. The molecule has 0 aromatic heterocycles. The van der Waals surface area contributed by atoms with Crippen molar-refractivity contribution in [2.45, 2.75) is 31.9 Å². The number of hydrogen-bond donors (Lipinski definition) is 1.